The van der Waals surface area contributed by atoms with E-state index in [4.69, 9.17) is 5.73 Å². The minimum Gasteiger partial charge on any atom is -0.320 e. The Morgan fingerprint density at radius 1 is 1.11 bits per heavy atom. The van der Waals surface area contributed by atoms with Gasteiger partial charge in [-0.15, -0.1) is 0 Å². The van der Waals surface area contributed by atoms with Crippen LogP contribution in [0.5, 0.6) is 0 Å². The maximum absolute atomic E-state index is 6.41. The van der Waals surface area contributed by atoms with Crippen molar-refractivity contribution < 1.29 is 0 Å². The zero-order chi connectivity index (χ0) is 13.8. The molecule has 2 aromatic rings. The normalized spacial score (nSPS) is 12.4. The first-order valence-electron chi connectivity index (χ1n) is 6.73. The molecule has 0 saturated carbocycles. The molecule has 2 N–H and O–H groups in total. The third kappa shape index (κ3) is 3.37. The van der Waals surface area contributed by atoms with Gasteiger partial charge in [0.2, 0.25) is 0 Å². The Bertz CT molecular complexity index is 546. The van der Waals surface area contributed by atoms with Crippen LogP contribution in [-0.2, 0) is 6.42 Å². The van der Waals surface area contributed by atoms with Crippen molar-refractivity contribution in [3.05, 3.63) is 68.3 Å². The van der Waals surface area contributed by atoms with E-state index in [2.05, 4.69) is 78.9 Å². The van der Waals surface area contributed by atoms with Gasteiger partial charge in [0.25, 0.3) is 0 Å². The van der Waals surface area contributed by atoms with Crippen LogP contribution in [0.15, 0.2) is 42.5 Å². The molecule has 0 radical (unpaired) electrons. The SMILES string of the molecule is CCCc1ccc(C(N)c2cccc(C)c2I)cc1. The standard InChI is InChI=1S/C17H20IN/c1-3-5-13-8-10-14(11-9-13)17(19)15-7-4-6-12(2)16(15)18/h4,6-11,17H,3,5,19H2,1-2H3. The van der Waals surface area contributed by atoms with Gasteiger partial charge < -0.3 is 5.73 Å². The molecule has 0 aliphatic carbocycles. The third-order valence-electron chi connectivity index (χ3n) is 3.43. The van der Waals surface area contributed by atoms with E-state index in [1.807, 2.05) is 0 Å². The molecule has 2 heteroatoms. The smallest absolute Gasteiger partial charge is 0.0562 e. The largest absolute Gasteiger partial charge is 0.320 e. The summed E-state index contributed by atoms with van der Waals surface area (Å²) in [5.41, 5.74) is 11.5. The van der Waals surface area contributed by atoms with E-state index < -0.39 is 0 Å². The highest BCUT2D eigenvalue weighted by atomic mass is 127. The minimum atomic E-state index is -0.0394. The zero-order valence-corrected chi connectivity index (χ0v) is 13.6. The number of hydrogen-bond donors (Lipinski definition) is 1. The van der Waals surface area contributed by atoms with Gasteiger partial charge in [-0.05, 0) is 58.2 Å². The van der Waals surface area contributed by atoms with Crippen LogP contribution in [0.4, 0.5) is 0 Å². The van der Waals surface area contributed by atoms with E-state index in [9.17, 15) is 0 Å². The molecule has 2 aromatic carbocycles. The van der Waals surface area contributed by atoms with Crippen LogP contribution in [-0.4, -0.2) is 0 Å². The maximum atomic E-state index is 6.41. The van der Waals surface area contributed by atoms with Crippen molar-refractivity contribution in [2.75, 3.05) is 0 Å². The lowest BCUT2D eigenvalue weighted by Crippen LogP contribution is -2.13. The van der Waals surface area contributed by atoms with Crippen LogP contribution < -0.4 is 5.73 Å². The van der Waals surface area contributed by atoms with Crippen LogP contribution in [0.25, 0.3) is 0 Å². The Morgan fingerprint density at radius 3 is 2.42 bits per heavy atom. The molecule has 0 aliphatic rings. The van der Waals surface area contributed by atoms with Crippen molar-refractivity contribution in [1.29, 1.82) is 0 Å². The van der Waals surface area contributed by atoms with Crippen molar-refractivity contribution in [1.82, 2.24) is 0 Å². The summed E-state index contributed by atoms with van der Waals surface area (Å²) in [6.45, 7) is 4.33. The number of halogens is 1. The first-order valence-corrected chi connectivity index (χ1v) is 7.80. The Kier molecular flexibility index (Phi) is 4.99. The summed E-state index contributed by atoms with van der Waals surface area (Å²) in [7, 11) is 0. The molecule has 0 saturated heterocycles. The molecule has 19 heavy (non-hydrogen) atoms. The molecule has 1 atom stereocenters. The van der Waals surface area contributed by atoms with Crippen molar-refractivity contribution >= 4 is 22.6 Å². The van der Waals surface area contributed by atoms with Crippen LogP contribution >= 0.6 is 22.6 Å². The molecule has 0 aromatic heterocycles. The van der Waals surface area contributed by atoms with E-state index in [0.717, 1.165) is 6.42 Å². The molecule has 1 unspecified atom stereocenters. The van der Waals surface area contributed by atoms with Gasteiger partial charge in [-0.1, -0.05) is 55.8 Å². The minimum absolute atomic E-state index is 0.0394. The number of aryl methyl sites for hydroxylation is 2. The lowest BCUT2D eigenvalue weighted by molar-refractivity contribution is 0.857. The van der Waals surface area contributed by atoms with Crippen LogP contribution in [0.3, 0.4) is 0 Å². The Balaban J connectivity index is 2.28. The molecule has 0 bridgehead atoms. The maximum Gasteiger partial charge on any atom is 0.0562 e. The summed E-state index contributed by atoms with van der Waals surface area (Å²) >= 11 is 2.39. The highest BCUT2D eigenvalue weighted by Gasteiger charge is 2.13. The number of hydrogen-bond acceptors (Lipinski definition) is 1. The van der Waals surface area contributed by atoms with Gasteiger partial charge in [0.15, 0.2) is 0 Å². The van der Waals surface area contributed by atoms with Crippen LogP contribution in [0.1, 0.15) is 41.6 Å². The second-order valence-electron chi connectivity index (χ2n) is 4.95. The summed E-state index contributed by atoms with van der Waals surface area (Å²) < 4.78 is 1.27. The molecule has 1 nitrogen and oxygen atoms in total. The molecule has 0 fully saturated rings. The van der Waals surface area contributed by atoms with Crippen molar-refractivity contribution in [3.63, 3.8) is 0 Å². The topological polar surface area (TPSA) is 26.0 Å². The van der Waals surface area contributed by atoms with Gasteiger partial charge in [0, 0.05) is 3.57 Å². The predicted molar refractivity (Wildman–Crippen MR) is 90.4 cm³/mol. The molecular formula is C17H20IN. The van der Waals surface area contributed by atoms with Gasteiger partial charge in [-0.2, -0.15) is 0 Å². The number of benzene rings is 2. The fraction of sp³-hybridized carbons (Fsp3) is 0.294. The summed E-state index contributed by atoms with van der Waals surface area (Å²) in [5.74, 6) is 0. The lowest BCUT2D eigenvalue weighted by Gasteiger charge is -2.16. The van der Waals surface area contributed by atoms with Gasteiger partial charge in [0.05, 0.1) is 6.04 Å². The Labute approximate surface area is 129 Å². The van der Waals surface area contributed by atoms with Crippen molar-refractivity contribution in [2.45, 2.75) is 32.7 Å². The van der Waals surface area contributed by atoms with Crippen LogP contribution in [0, 0.1) is 10.5 Å². The van der Waals surface area contributed by atoms with E-state index in [1.165, 1.54) is 32.2 Å². The third-order valence-corrected chi connectivity index (χ3v) is 4.91. The lowest BCUT2D eigenvalue weighted by atomic mass is 9.97. The van der Waals surface area contributed by atoms with E-state index in [-0.39, 0.29) is 6.04 Å². The van der Waals surface area contributed by atoms with Gasteiger partial charge in [-0.25, -0.2) is 0 Å². The highest BCUT2D eigenvalue weighted by Crippen LogP contribution is 2.26. The van der Waals surface area contributed by atoms with Gasteiger partial charge >= 0.3 is 0 Å². The molecule has 0 amide bonds. The highest BCUT2D eigenvalue weighted by molar-refractivity contribution is 14.1. The monoisotopic (exact) mass is 365 g/mol. The molecule has 2 rings (SSSR count). The van der Waals surface area contributed by atoms with Crippen LogP contribution in [0.2, 0.25) is 0 Å². The van der Waals surface area contributed by atoms with E-state index in [0.29, 0.717) is 0 Å². The van der Waals surface area contributed by atoms with E-state index >= 15 is 0 Å². The van der Waals surface area contributed by atoms with Crippen molar-refractivity contribution in [3.8, 4) is 0 Å². The second kappa shape index (κ2) is 6.53. The molecule has 0 spiro atoms. The Hall–Kier alpha value is -0.870. The summed E-state index contributed by atoms with van der Waals surface area (Å²) in [6.07, 6.45) is 2.32. The van der Waals surface area contributed by atoms with E-state index in [1.54, 1.807) is 0 Å². The quantitative estimate of drug-likeness (QED) is 0.788. The first-order chi connectivity index (χ1) is 9.13. The van der Waals surface area contributed by atoms with Gasteiger partial charge in [-0.3, -0.25) is 0 Å². The Morgan fingerprint density at radius 2 is 1.79 bits per heavy atom. The summed E-state index contributed by atoms with van der Waals surface area (Å²) in [4.78, 5) is 0. The fourth-order valence-corrected chi connectivity index (χ4v) is 2.97. The van der Waals surface area contributed by atoms with Gasteiger partial charge in [0.1, 0.15) is 0 Å². The summed E-state index contributed by atoms with van der Waals surface area (Å²) in [5, 5.41) is 0. The zero-order valence-electron chi connectivity index (χ0n) is 11.5. The molecule has 100 valence electrons. The average Bonchev–Trinajstić information content (AvgIpc) is 2.42. The number of nitrogens with two attached hydrogens (primary N) is 1. The predicted octanol–water partition coefficient (Wildman–Crippen LogP) is 4.60. The fourth-order valence-electron chi connectivity index (χ4n) is 2.27. The van der Waals surface area contributed by atoms with Crippen molar-refractivity contribution in [2.24, 2.45) is 5.73 Å². The first kappa shape index (κ1) is 14.5. The molecule has 0 heterocycles. The molecule has 0 aliphatic heterocycles. The molecular weight excluding hydrogens is 345 g/mol. The number of rotatable bonds is 4. The second-order valence-corrected chi connectivity index (χ2v) is 6.03. The summed E-state index contributed by atoms with van der Waals surface area (Å²) in [6, 6.07) is 15.0. The average molecular weight is 365 g/mol.